The Morgan fingerprint density at radius 1 is 0.952 bits per heavy atom. The number of carbonyl (C=O) groups is 3. The number of carboxylic acids is 1. The number of anilines is 2. The van der Waals surface area contributed by atoms with Gasteiger partial charge in [0.15, 0.2) is 5.71 Å². The van der Waals surface area contributed by atoms with E-state index in [9.17, 15) is 19.5 Å². The summed E-state index contributed by atoms with van der Waals surface area (Å²) in [6.45, 7) is 9.24. The molecular formula is C32H39N5O5. The number of amides is 2. The number of hydrogen-bond acceptors (Lipinski definition) is 8. The van der Waals surface area contributed by atoms with Crippen molar-refractivity contribution in [2.75, 3.05) is 49.6 Å². The molecule has 10 heteroatoms. The first-order valence-electron chi connectivity index (χ1n) is 14.6. The standard InChI is InChI=1S/C32H39N5O5/c1-20-9-10-24(17-21(20)2)37-31(41)26(18-35-13-4-5-14-35)22(3)29(32(37)42)34-33-27-8-6-7-25(30(27)40)23-11-15-36(16-12-23)19-28(38)39/h6-10,17,23,33,40H,4-5,11-16,18-19H2,1-3H3,(H,38,39). The van der Waals surface area contributed by atoms with E-state index in [1.807, 2.05) is 43.0 Å². The summed E-state index contributed by atoms with van der Waals surface area (Å²) in [6, 6.07) is 10.9. The minimum atomic E-state index is -0.843. The maximum atomic E-state index is 13.8. The number of aliphatic carboxylic acids is 1. The van der Waals surface area contributed by atoms with Gasteiger partial charge in [0.25, 0.3) is 11.8 Å². The Hall–Kier alpha value is -4.02. The lowest BCUT2D eigenvalue weighted by Gasteiger charge is -2.31. The monoisotopic (exact) mass is 573 g/mol. The quantitative estimate of drug-likeness (QED) is 0.246. The van der Waals surface area contributed by atoms with E-state index < -0.39 is 11.9 Å². The van der Waals surface area contributed by atoms with E-state index in [1.165, 1.54) is 4.90 Å². The summed E-state index contributed by atoms with van der Waals surface area (Å²) in [7, 11) is 0. The van der Waals surface area contributed by atoms with Crippen molar-refractivity contribution in [1.29, 1.82) is 0 Å². The van der Waals surface area contributed by atoms with Crippen LogP contribution < -0.4 is 10.3 Å². The summed E-state index contributed by atoms with van der Waals surface area (Å²) in [6.07, 6.45) is 3.62. The lowest BCUT2D eigenvalue weighted by molar-refractivity contribution is -0.138. The molecule has 3 heterocycles. The molecule has 0 aromatic heterocycles. The Morgan fingerprint density at radius 2 is 1.67 bits per heavy atom. The van der Waals surface area contributed by atoms with E-state index in [2.05, 4.69) is 15.4 Å². The minimum absolute atomic E-state index is 0.0140. The third-order valence-electron chi connectivity index (χ3n) is 8.75. The Kier molecular flexibility index (Phi) is 8.74. The lowest BCUT2D eigenvalue weighted by atomic mass is 9.88. The predicted octanol–water partition coefficient (Wildman–Crippen LogP) is 4.03. The second-order valence-corrected chi connectivity index (χ2v) is 11.6. The number of likely N-dealkylation sites (tertiary alicyclic amines) is 2. The number of carboxylic acid groups (broad SMARTS) is 1. The molecule has 222 valence electrons. The summed E-state index contributed by atoms with van der Waals surface area (Å²) >= 11 is 0. The highest BCUT2D eigenvalue weighted by Crippen LogP contribution is 2.38. The first kappa shape index (κ1) is 29.5. The summed E-state index contributed by atoms with van der Waals surface area (Å²) in [4.78, 5) is 44.0. The van der Waals surface area contributed by atoms with Crippen LogP contribution in [0.1, 0.15) is 55.2 Å². The lowest BCUT2D eigenvalue weighted by Crippen LogP contribution is -2.49. The van der Waals surface area contributed by atoms with Gasteiger partial charge in [0.05, 0.1) is 17.9 Å². The number of phenols is 1. The van der Waals surface area contributed by atoms with Crippen LogP contribution in [0.3, 0.4) is 0 Å². The number of benzene rings is 2. The van der Waals surface area contributed by atoms with Crippen molar-refractivity contribution in [3.63, 3.8) is 0 Å². The van der Waals surface area contributed by atoms with Gasteiger partial charge < -0.3 is 10.2 Å². The highest BCUT2D eigenvalue weighted by Gasteiger charge is 2.38. The Balaban J connectivity index is 1.44. The van der Waals surface area contributed by atoms with E-state index in [-0.39, 0.29) is 29.8 Å². The Morgan fingerprint density at radius 3 is 2.33 bits per heavy atom. The largest absolute Gasteiger partial charge is 0.505 e. The van der Waals surface area contributed by atoms with Crippen LogP contribution in [0.5, 0.6) is 5.75 Å². The molecule has 0 spiro atoms. The smallest absolute Gasteiger partial charge is 0.317 e. The molecule has 42 heavy (non-hydrogen) atoms. The zero-order valence-corrected chi connectivity index (χ0v) is 24.5. The number of aryl methyl sites for hydroxylation is 2. The third-order valence-corrected chi connectivity index (χ3v) is 8.75. The number of aromatic hydroxyl groups is 1. The van der Waals surface area contributed by atoms with Crippen molar-refractivity contribution >= 4 is 34.9 Å². The van der Waals surface area contributed by atoms with Gasteiger partial charge in [-0.25, -0.2) is 4.90 Å². The van der Waals surface area contributed by atoms with Crippen molar-refractivity contribution in [2.45, 2.75) is 52.4 Å². The number of para-hydroxylation sites is 1. The SMILES string of the molecule is CC1=C(CN2CCCC2)C(=O)N(c2ccc(C)c(C)c2)C(=O)C1=NNc1cccc(C2CCN(CC(=O)O)CC2)c1O. The molecule has 0 atom stereocenters. The first-order valence-corrected chi connectivity index (χ1v) is 14.6. The van der Waals surface area contributed by atoms with Crippen molar-refractivity contribution in [2.24, 2.45) is 5.10 Å². The molecule has 0 bridgehead atoms. The third kappa shape index (κ3) is 6.10. The van der Waals surface area contributed by atoms with Crippen LogP contribution in [0.25, 0.3) is 0 Å². The Bertz CT molecular complexity index is 1450. The number of imide groups is 1. The fraction of sp³-hybridized carbons (Fsp3) is 0.438. The number of hydrogen-bond donors (Lipinski definition) is 3. The van der Waals surface area contributed by atoms with Crippen LogP contribution in [-0.2, 0) is 14.4 Å². The molecule has 3 N–H and O–H groups in total. The summed E-state index contributed by atoms with van der Waals surface area (Å²) < 4.78 is 0. The average Bonchev–Trinajstić information content (AvgIpc) is 3.47. The molecule has 2 aromatic carbocycles. The molecule has 0 unspecified atom stereocenters. The van der Waals surface area contributed by atoms with Crippen LogP contribution in [0.15, 0.2) is 52.6 Å². The van der Waals surface area contributed by atoms with E-state index in [0.717, 1.165) is 55.5 Å². The molecule has 10 nitrogen and oxygen atoms in total. The summed E-state index contributed by atoms with van der Waals surface area (Å²) in [5.41, 5.74) is 7.81. The molecule has 0 saturated carbocycles. The maximum absolute atomic E-state index is 13.8. The Labute approximate surface area is 246 Å². The predicted molar refractivity (Wildman–Crippen MR) is 162 cm³/mol. The zero-order valence-electron chi connectivity index (χ0n) is 24.5. The van der Waals surface area contributed by atoms with Crippen LogP contribution in [0, 0.1) is 13.8 Å². The number of nitrogens with one attached hydrogen (secondary N) is 1. The molecule has 3 aliphatic heterocycles. The van der Waals surface area contributed by atoms with E-state index in [1.54, 1.807) is 19.1 Å². The van der Waals surface area contributed by atoms with Gasteiger partial charge in [0.2, 0.25) is 0 Å². The van der Waals surface area contributed by atoms with Gasteiger partial charge in [0.1, 0.15) is 5.75 Å². The van der Waals surface area contributed by atoms with E-state index in [0.29, 0.717) is 42.2 Å². The topological polar surface area (TPSA) is 126 Å². The van der Waals surface area contributed by atoms with Crippen molar-refractivity contribution in [3.05, 3.63) is 64.2 Å². The second kappa shape index (κ2) is 12.5. The number of piperidine rings is 1. The van der Waals surface area contributed by atoms with E-state index in [4.69, 9.17) is 5.11 Å². The van der Waals surface area contributed by atoms with Gasteiger partial charge in [-0.05, 0) is 119 Å². The van der Waals surface area contributed by atoms with Gasteiger partial charge in [-0.15, -0.1) is 0 Å². The molecule has 2 fully saturated rings. The molecule has 2 aromatic rings. The summed E-state index contributed by atoms with van der Waals surface area (Å²) in [5.74, 6) is -1.55. The molecular weight excluding hydrogens is 534 g/mol. The van der Waals surface area contributed by atoms with Crippen LogP contribution in [-0.4, -0.2) is 82.8 Å². The fourth-order valence-electron chi connectivity index (χ4n) is 6.07. The van der Waals surface area contributed by atoms with Crippen molar-refractivity contribution in [1.82, 2.24) is 9.80 Å². The van der Waals surface area contributed by atoms with Crippen LogP contribution in [0.4, 0.5) is 11.4 Å². The molecule has 2 amide bonds. The first-order chi connectivity index (χ1) is 20.1. The normalized spacial score (nSPS) is 20.2. The fourth-order valence-corrected chi connectivity index (χ4v) is 6.07. The second-order valence-electron chi connectivity index (χ2n) is 11.6. The van der Waals surface area contributed by atoms with Gasteiger partial charge in [0, 0.05) is 12.1 Å². The average molecular weight is 574 g/mol. The molecule has 3 aliphatic rings. The molecule has 0 radical (unpaired) electrons. The van der Waals surface area contributed by atoms with Gasteiger partial charge in [-0.1, -0.05) is 18.2 Å². The van der Waals surface area contributed by atoms with Crippen molar-refractivity contribution in [3.8, 4) is 5.75 Å². The number of rotatable bonds is 8. The van der Waals surface area contributed by atoms with Crippen LogP contribution in [0.2, 0.25) is 0 Å². The maximum Gasteiger partial charge on any atom is 0.317 e. The summed E-state index contributed by atoms with van der Waals surface area (Å²) in [5, 5.41) is 24.8. The van der Waals surface area contributed by atoms with Crippen LogP contribution >= 0.6 is 0 Å². The number of hydrazone groups is 1. The van der Waals surface area contributed by atoms with Gasteiger partial charge in [-0.2, -0.15) is 5.10 Å². The number of carbonyl (C=O) groups excluding carboxylic acids is 2. The van der Waals surface area contributed by atoms with Gasteiger partial charge >= 0.3 is 5.97 Å². The highest BCUT2D eigenvalue weighted by atomic mass is 16.4. The molecule has 2 saturated heterocycles. The van der Waals surface area contributed by atoms with E-state index >= 15 is 0 Å². The zero-order chi connectivity index (χ0) is 30.0. The minimum Gasteiger partial charge on any atom is -0.505 e. The molecule has 5 rings (SSSR count). The highest BCUT2D eigenvalue weighted by molar-refractivity contribution is 6.57. The number of nitrogens with zero attached hydrogens (tertiary/aromatic N) is 4. The number of phenolic OH excluding ortho intramolecular Hbond substituents is 1. The molecule has 0 aliphatic carbocycles. The van der Waals surface area contributed by atoms with Gasteiger partial charge in [-0.3, -0.25) is 29.6 Å². The van der Waals surface area contributed by atoms with Crippen molar-refractivity contribution < 1.29 is 24.6 Å².